The molecule has 1 aromatic carbocycles. The lowest BCUT2D eigenvalue weighted by Crippen LogP contribution is -2.35. The van der Waals surface area contributed by atoms with Crippen molar-refractivity contribution >= 4 is 28.4 Å². The highest BCUT2D eigenvalue weighted by Crippen LogP contribution is 2.32. The number of aromatic nitrogens is 3. The number of anilines is 2. The minimum atomic E-state index is -0.0433. The summed E-state index contributed by atoms with van der Waals surface area (Å²) < 4.78 is 0. The lowest BCUT2D eigenvalue weighted by Gasteiger charge is -2.34. The first-order chi connectivity index (χ1) is 12.2. The number of nitrogens with zero attached hydrogens (tertiary/aromatic N) is 3. The Labute approximate surface area is 146 Å². The van der Waals surface area contributed by atoms with E-state index in [9.17, 15) is 4.79 Å². The summed E-state index contributed by atoms with van der Waals surface area (Å²) in [5, 5.41) is 3.94. The van der Waals surface area contributed by atoms with Gasteiger partial charge in [0, 0.05) is 37.8 Å². The molecule has 2 aromatic heterocycles. The van der Waals surface area contributed by atoms with Crippen LogP contribution in [-0.2, 0) is 4.79 Å². The maximum absolute atomic E-state index is 11.3. The molecule has 1 saturated heterocycles. The second kappa shape index (κ2) is 6.55. The number of benzene rings is 1. The minimum Gasteiger partial charge on any atom is -0.355 e. The standard InChI is InChI=1S/C19H21N5O/c1-13(25)23-16-6-2-4-14(10-16)15-5-3-9-24(11-15)19-17-7-8-20-18(17)21-12-22-19/h2,4,6-8,10,12,15H,3,5,9,11H2,1H3,(H,23,25)(H,20,21,22). The maximum Gasteiger partial charge on any atom is 0.221 e. The number of piperidine rings is 1. The van der Waals surface area contributed by atoms with Crippen LogP contribution in [0.1, 0.15) is 31.2 Å². The minimum absolute atomic E-state index is 0.0433. The van der Waals surface area contributed by atoms with Gasteiger partial charge >= 0.3 is 0 Å². The number of nitrogens with one attached hydrogen (secondary N) is 2. The van der Waals surface area contributed by atoms with Crippen LogP contribution in [0.4, 0.5) is 11.5 Å². The monoisotopic (exact) mass is 335 g/mol. The Morgan fingerprint density at radius 3 is 3.12 bits per heavy atom. The fourth-order valence-corrected chi connectivity index (χ4v) is 3.63. The van der Waals surface area contributed by atoms with Crippen molar-refractivity contribution in [2.45, 2.75) is 25.7 Å². The molecular weight excluding hydrogens is 314 g/mol. The number of carbonyl (C=O) groups excluding carboxylic acids is 1. The molecule has 1 unspecified atom stereocenters. The van der Waals surface area contributed by atoms with E-state index in [-0.39, 0.29) is 5.91 Å². The first-order valence-corrected chi connectivity index (χ1v) is 8.61. The Kier molecular flexibility index (Phi) is 4.09. The molecule has 0 saturated carbocycles. The predicted molar refractivity (Wildman–Crippen MR) is 98.8 cm³/mol. The number of H-pyrrole nitrogens is 1. The predicted octanol–water partition coefficient (Wildman–Crippen LogP) is 3.30. The van der Waals surface area contributed by atoms with E-state index in [0.717, 1.165) is 48.5 Å². The van der Waals surface area contributed by atoms with Crippen LogP contribution in [0.2, 0.25) is 0 Å². The van der Waals surface area contributed by atoms with Gasteiger partial charge in [-0.3, -0.25) is 4.79 Å². The normalized spacial score (nSPS) is 17.6. The van der Waals surface area contributed by atoms with Crippen LogP contribution in [0.5, 0.6) is 0 Å². The molecule has 0 radical (unpaired) electrons. The third-order valence-electron chi connectivity index (χ3n) is 4.73. The molecule has 0 aliphatic carbocycles. The smallest absolute Gasteiger partial charge is 0.221 e. The number of fused-ring (bicyclic) bond motifs is 1. The summed E-state index contributed by atoms with van der Waals surface area (Å²) in [6.07, 6.45) is 5.78. The van der Waals surface area contributed by atoms with Gasteiger partial charge in [-0.15, -0.1) is 0 Å². The van der Waals surface area contributed by atoms with Crippen LogP contribution >= 0.6 is 0 Å². The van der Waals surface area contributed by atoms with Crippen LogP contribution in [0.15, 0.2) is 42.9 Å². The van der Waals surface area contributed by atoms with Gasteiger partial charge < -0.3 is 15.2 Å². The van der Waals surface area contributed by atoms with Gasteiger partial charge in [-0.05, 0) is 36.6 Å². The Morgan fingerprint density at radius 2 is 2.24 bits per heavy atom. The first kappa shape index (κ1) is 15.6. The third-order valence-corrected chi connectivity index (χ3v) is 4.73. The van der Waals surface area contributed by atoms with Gasteiger partial charge in [0.15, 0.2) is 0 Å². The molecular formula is C19H21N5O. The van der Waals surface area contributed by atoms with Crippen molar-refractivity contribution in [2.75, 3.05) is 23.3 Å². The highest BCUT2D eigenvalue weighted by Gasteiger charge is 2.24. The van der Waals surface area contributed by atoms with Crippen molar-refractivity contribution in [3.63, 3.8) is 0 Å². The number of hydrogen-bond acceptors (Lipinski definition) is 4. The molecule has 1 aliphatic rings. The molecule has 3 aromatic rings. The van der Waals surface area contributed by atoms with Gasteiger partial charge in [0.1, 0.15) is 17.8 Å². The zero-order valence-electron chi connectivity index (χ0n) is 14.2. The highest BCUT2D eigenvalue weighted by atomic mass is 16.1. The molecule has 1 atom stereocenters. The SMILES string of the molecule is CC(=O)Nc1cccc(C2CCCN(c3ncnc4[nH]ccc34)C2)c1. The Bertz CT molecular complexity index is 903. The summed E-state index contributed by atoms with van der Waals surface area (Å²) in [6.45, 7) is 3.45. The molecule has 4 rings (SSSR count). The average Bonchev–Trinajstić information content (AvgIpc) is 3.10. The van der Waals surface area contributed by atoms with Crippen LogP contribution in [0.3, 0.4) is 0 Å². The van der Waals surface area contributed by atoms with Crippen LogP contribution in [-0.4, -0.2) is 33.9 Å². The second-order valence-electron chi connectivity index (χ2n) is 6.53. The molecule has 6 nitrogen and oxygen atoms in total. The quantitative estimate of drug-likeness (QED) is 0.770. The summed E-state index contributed by atoms with van der Waals surface area (Å²) in [7, 11) is 0. The molecule has 25 heavy (non-hydrogen) atoms. The molecule has 2 N–H and O–H groups in total. The summed E-state index contributed by atoms with van der Waals surface area (Å²) in [5.41, 5.74) is 2.99. The van der Waals surface area contributed by atoms with Gasteiger partial charge in [0.25, 0.3) is 0 Å². The number of hydrogen-bond donors (Lipinski definition) is 2. The molecule has 1 aliphatic heterocycles. The van der Waals surface area contributed by atoms with Crippen molar-refractivity contribution in [3.8, 4) is 0 Å². The maximum atomic E-state index is 11.3. The Morgan fingerprint density at radius 1 is 1.32 bits per heavy atom. The summed E-state index contributed by atoms with van der Waals surface area (Å²) in [6, 6.07) is 10.2. The topological polar surface area (TPSA) is 73.9 Å². The zero-order chi connectivity index (χ0) is 17.2. The summed E-state index contributed by atoms with van der Waals surface area (Å²) in [5.74, 6) is 1.37. The second-order valence-corrected chi connectivity index (χ2v) is 6.53. The van der Waals surface area contributed by atoms with Crippen molar-refractivity contribution < 1.29 is 4.79 Å². The number of aromatic amines is 1. The molecule has 3 heterocycles. The average molecular weight is 335 g/mol. The molecule has 0 bridgehead atoms. The van der Waals surface area contributed by atoms with Gasteiger partial charge in [-0.25, -0.2) is 9.97 Å². The van der Waals surface area contributed by atoms with E-state index in [4.69, 9.17) is 0 Å². The largest absolute Gasteiger partial charge is 0.355 e. The lowest BCUT2D eigenvalue weighted by atomic mass is 9.90. The number of carbonyl (C=O) groups is 1. The van der Waals surface area contributed by atoms with Gasteiger partial charge in [-0.1, -0.05) is 12.1 Å². The molecule has 128 valence electrons. The Hall–Kier alpha value is -2.89. The summed E-state index contributed by atoms with van der Waals surface area (Å²) >= 11 is 0. The van der Waals surface area contributed by atoms with Crippen LogP contribution < -0.4 is 10.2 Å². The van der Waals surface area contributed by atoms with Crippen molar-refractivity contribution in [3.05, 3.63) is 48.4 Å². The highest BCUT2D eigenvalue weighted by molar-refractivity contribution is 5.89. The summed E-state index contributed by atoms with van der Waals surface area (Å²) in [4.78, 5) is 25.6. The first-order valence-electron chi connectivity index (χ1n) is 8.61. The van der Waals surface area contributed by atoms with Crippen LogP contribution in [0.25, 0.3) is 11.0 Å². The lowest BCUT2D eigenvalue weighted by molar-refractivity contribution is -0.114. The van der Waals surface area contributed by atoms with E-state index in [1.807, 2.05) is 24.4 Å². The molecule has 6 heteroatoms. The van der Waals surface area contributed by atoms with Crippen LogP contribution in [0, 0.1) is 0 Å². The third kappa shape index (κ3) is 3.20. The number of rotatable bonds is 3. The fourth-order valence-electron chi connectivity index (χ4n) is 3.63. The van der Waals surface area contributed by atoms with Crippen molar-refractivity contribution in [2.24, 2.45) is 0 Å². The van der Waals surface area contributed by atoms with E-state index in [1.54, 1.807) is 6.33 Å². The van der Waals surface area contributed by atoms with E-state index < -0.39 is 0 Å². The van der Waals surface area contributed by atoms with E-state index >= 15 is 0 Å². The fraction of sp³-hybridized carbons (Fsp3) is 0.316. The van der Waals surface area contributed by atoms with Gasteiger partial charge in [-0.2, -0.15) is 0 Å². The Balaban J connectivity index is 1.59. The van der Waals surface area contributed by atoms with E-state index in [0.29, 0.717) is 5.92 Å². The number of amides is 1. The van der Waals surface area contributed by atoms with Crippen molar-refractivity contribution in [1.29, 1.82) is 0 Å². The van der Waals surface area contributed by atoms with E-state index in [2.05, 4.69) is 37.3 Å². The zero-order valence-corrected chi connectivity index (χ0v) is 14.2. The van der Waals surface area contributed by atoms with Gasteiger partial charge in [0.2, 0.25) is 5.91 Å². The molecule has 0 spiro atoms. The van der Waals surface area contributed by atoms with E-state index in [1.165, 1.54) is 12.5 Å². The molecule has 1 amide bonds. The van der Waals surface area contributed by atoms with Gasteiger partial charge in [0.05, 0.1) is 5.39 Å². The molecule has 1 fully saturated rings. The van der Waals surface area contributed by atoms with Crippen molar-refractivity contribution in [1.82, 2.24) is 15.0 Å².